The maximum Gasteiger partial charge on any atom is 0.311 e. The lowest BCUT2D eigenvalue weighted by Crippen LogP contribution is -2.08. The molecule has 0 aliphatic heterocycles. The maximum absolute atomic E-state index is 11.3. The van der Waals surface area contributed by atoms with E-state index in [1.54, 1.807) is 18.2 Å². The van der Waals surface area contributed by atoms with Crippen molar-refractivity contribution in [3.8, 4) is 5.75 Å². The number of benzene rings is 1. The van der Waals surface area contributed by atoms with E-state index in [1.807, 2.05) is 0 Å². The average Bonchev–Trinajstić information content (AvgIpc) is 2.19. The van der Waals surface area contributed by atoms with Crippen molar-refractivity contribution in [2.75, 3.05) is 5.88 Å². The molecule has 0 heterocycles. The highest BCUT2D eigenvalue weighted by atomic mass is 79.9. The second kappa shape index (κ2) is 6.36. The van der Waals surface area contributed by atoms with Crippen LogP contribution < -0.4 is 4.74 Å². The van der Waals surface area contributed by atoms with Gasteiger partial charge in [-0.1, -0.05) is 11.6 Å². The molecule has 1 aromatic rings. The minimum atomic E-state index is -0.293. The number of esters is 1. The third kappa shape index (κ3) is 4.41. The van der Waals surface area contributed by atoms with Gasteiger partial charge in [0.05, 0.1) is 4.47 Å². The Balaban J connectivity index is 2.60. The van der Waals surface area contributed by atoms with E-state index in [2.05, 4.69) is 15.9 Å². The fourth-order valence-corrected chi connectivity index (χ4v) is 1.84. The second-order valence-corrected chi connectivity index (χ2v) is 4.51. The summed E-state index contributed by atoms with van der Waals surface area (Å²) in [6.07, 6.45) is 0.935. The zero-order chi connectivity index (χ0) is 11.3. The Labute approximate surface area is 107 Å². The van der Waals surface area contributed by atoms with E-state index in [1.165, 1.54) is 0 Å². The summed E-state index contributed by atoms with van der Waals surface area (Å²) in [6.45, 7) is 0. The lowest BCUT2D eigenvalue weighted by atomic mass is 10.3. The number of rotatable bonds is 4. The van der Waals surface area contributed by atoms with Gasteiger partial charge in [-0.25, -0.2) is 0 Å². The fraction of sp³-hybridized carbons (Fsp3) is 0.300. The number of alkyl halides is 1. The molecule has 0 N–H and O–H groups in total. The van der Waals surface area contributed by atoms with Crippen LogP contribution in [0.15, 0.2) is 22.7 Å². The summed E-state index contributed by atoms with van der Waals surface area (Å²) >= 11 is 14.5. The Morgan fingerprint density at radius 3 is 2.80 bits per heavy atom. The summed E-state index contributed by atoms with van der Waals surface area (Å²) in [7, 11) is 0. The van der Waals surface area contributed by atoms with E-state index in [9.17, 15) is 4.79 Å². The van der Waals surface area contributed by atoms with Crippen molar-refractivity contribution in [1.82, 2.24) is 0 Å². The molecular formula is C10H9BrCl2O2. The molecule has 0 aromatic heterocycles. The van der Waals surface area contributed by atoms with Crippen molar-refractivity contribution >= 4 is 45.1 Å². The van der Waals surface area contributed by atoms with Crippen molar-refractivity contribution in [1.29, 1.82) is 0 Å². The van der Waals surface area contributed by atoms with Gasteiger partial charge in [0.2, 0.25) is 0 Å². The predicted molar refractivity (Wildman–Crippen MR) is 64.7 cm³/mol. The van der Waals surface area contributed by atoms with Crippen molar-refractivity contribution in [3.05, 3.63) is 27.7 Å². The van der Waals surface area contributed by atoms with Crippen LogP contribution in [-0.2, 0) is 4.79 Å². The topological polar surface area (TPSA) is 26.3 Å². The Morgan fingerprint density at radius 2 is 2.20 bits per heavy atom. The molecule has 1 rings (SSSR count). The number of hydrogen-bond donors (Lipinski definition) is 0. The minimum Gasteiger partial charge on any atom is -0.425 e. The molecule has 0 aliphatic carbocycles. The molecule has 0 unspecified atom stereocenters. The fourth-order valence-electron chi connectivity index (χ4n) is 0.943. The Morgan fingerprint density at radius 1 is 1.47 bits per heavy atom. The Hall–Kier alpha value is -0.250. The molecule has 0 radical (unpaired) electrons. The highest BCUT2D eigenvalue weighted by Gasteiger charge is 2.07. The molecule has 0 atom stereocenters. The van der Waals surface area contributed by atoms with Crippen molar-refractivity contribution in [2.45, 2.75) is 12.8 Å². The maximum atomic E-state index is 11.3. The summed E-state index contributed by atoms with van der Waals surface area (Å²) in [5, 5.41) is 0.586. The molecule has 0 amide bonds. The second-order valence-electron chi connectivity index (χ2n) is 2.84. The lowest BCUT2D eigenvalue weighted by Gasteiger charge is -2.05. The van der Waals surface area contributed by atoms with E-state index < -0.39 is 0 Å². The van der Waals surface area contributed by atoms with Crippen molar-refractivity contribution in [3.63, 3.8) is 0 Å². The van der Waals surface area contributed by atoms with Gasteiger partial charge in [0.25, 0.3) is 0 Å². The van der Waals surface area contributed by atoms with E-state index >= 15 is 0 Å². The van der Waals surface area contributed by atoms with Crippen molar-refractivity contribution < 1.29 is 9.53 Å². The largest absolute Gasteiger partial charge is 0.425 e. The van der Waals surface area contributed by atoms with Crippen LogP contribution in [0.5, 0.6) is 5.75 Å². The molecule has 0 fully saturated rings. The van der Waals surface area contributed by atoms with Crippen LogP contribution in [0.2, 0.25) is 5.02 Å². The first-order valence-electron chi connectivity index (χ1n) is 4.35. The molecule has 1 aromatic carbocycles. The standard InChI is InChI=1S/C10H9BrCl2O2/c11-8-6-7(13)3-4-9(8)15-10(14)2-1-5-12/h3-4,6H,1-2,5H2. The van der Waals surface area contributed by atoms with E-state index in [-0.39, 0.29) is 5.97 Å². The minimum absolute atomic E-state index is 0.293. The van der Waals surface area contributed by atoms with Crippen LogP contribution in [0, 0.1) is 0 Å². The smallest absolute Gasteiger partial charge is 0.311 e. The summed E-state index contributed by atoms with van der Waals surface area (Å²) in [5.74, 6) is 0.634. The normalized spacial score (nSPS) is 10.1. The van der Waals surface area contributed by atoms with Gasteiger partial charge in [0, 0.05) is 17.3 Å². The summed E-state index contributed by atoms with van der Waals surface area (Å²) in [4.78, 5) is 11.3. The lowest BCUT2D eigenvalue weighted by molar-refractivity contribution is -0.134. The predicted octanol–water partition coefficient (Wildman–Crippen LogP) is 4.03. The number of hydrogen-bond acceptors (Lipinski definition) is 2. The summed E-state index contributed by atoms with van der Waals surface area (Å²) in [6, 6.07) is 4.98. The van der Waals surface area contributed by atoms with Crippen LogP contribution in [0.1, 0.15) is 12.8 Å². The van der Waals surface area contributed by atoms with Gasteiger partial charge in [-0.2, -0.15) is 0 Å². The van der Waals surface area contributed by atoms with E-state index in [0.717, 1.165) is 0 Å². The quantitative estimate of drug-likeness (QED) is 0.477. The monoisotopic (exact) mass is 310 g/mol. The summed E-state index contributed by atoms with van der Waals surface area (Å²) < 4.78 is 5.76. The number of carbonyl (C=O) groups is 1. The molecule has 82 valence electrons. The van der Waals surface area contributed by atoms with Crippen LogP contribution in [0.4, 0.5) is 0 Å². The number of halogens is 3. The van der Waals surface area contributed by atoms with Gasteiger partial charge in [-0.15, -0.1) is 11.6 Å². The summed E-state index contributed by atoms with van der Waals surface area (Å²) in [5.41, 5.74) is 0. The van der Waals surface area contributed by atoms with Crippen LogP contribution in [0.25, 0.3) is 0 Å². The first kappa shape index (κ1) is 12.8. The third-order valence-electron chi connectivity index (χ3n) is 1.63. The number of ether oxygens (including phenoxy) is 1. The Bertz CT molecular complexity index is 355. The van der Waals surface area contributed by atoms with Crippen molar-refractivity contribution in [2.24, 2.45) is 0 Å². The molecule has 15 heavy (non-hydrogen) atoms. The molecule has 0 aliphatic rings. The van der Waals surface area contributed by atoms with Gasteiger partial charge in [0.1, 0.15) is 5.75 Å². The number of carbonyl (C=O) groups excluding carboxylic acids is 1. The van der Waals surface area contributed by atoms with E-state index in [4.69, 9.17) is 27.9 Å². The SMILES string of the molecule is O=C(CCCCl)Oc1ccc(Cl)cc1Br. The zero-order valence-corrected chi connectivity index (χ0v) is 10.9. The molecule has 5 heteroatoms. The van der Waals surface area contributed by atoms with Crippen LogP contribution in [-0.4, -0.2) is 11.8 Å². The van der Waals surface area contributed by atoms with Crippen LogP contribution in [0.3, 0.4) is 0 Å². The molecule has 0 bridgehead atoms. The average molecular weight is 312 g/mol. The Kier molecular flexibility index (Phi) is 5.43. The molecular weight excluding hydrogens is 303 g/mol. The van der Waals surface area contributed by atoms with Gasteiger partial charge in [0.15, 0.2) is 0 Å². The molecule has 0 saturated heterocycles. The zero-order valence-electron chi connectivity index (χ0n) is 7.80. The highest BCUT2D eigenvalue weighted by Crippen LogP contribution is 2.28. The van der Waals surface area contributed by atoms with Gasteiger partial charge in [-0.3, -0.25) is 4.79 Å². The van der Waals surface area contributed by atoms with Gasteiger partial charge < -0.3 is 4.74 Å². The van der Waals surface area contributed by atoms with Crippen LogP contribution >= 0.6 is 39.1 Å². The molecule has 2 nitrogen and oxygen atoms in total. The van der Waals surface area contributed by atoms with Gasteiger partial charge >= 0.3 is 5.97 Å². The third-order valence-corrected chi connectivity index (χ3v) is 2.75. The van der Waals surface area contributed by atoms with Gasteiger partial charge in [-0.05, 0) is 40.5 Å². The molecule has 0 saturated carbocycles. The molecule has 0 spiro atoms. The van der Waals surface area contributed by atoms with E-state index in [0.29, 0.717) is 34.0 Å². The first-order chi connectivity index (χ1) is 7.13. The highest BCUT2D eigenvalue weighted by molar-refractivity contribution is 9.10. The first-order valence-corrected chi connectivity index (χ1v) is 6.05.